The van der Waals surface area contributed by atoms with E-state index in [0.29, 0.717) is 15.3 Å². The maximum absolute atomic E-state index is 13.2. The maximum Gasteiger partial charge on any atom is 0.195 e. The van der Waals surface area contributed by atoms with Crippen molar-refractivity contribution in [1.82, 2.24) is 14.8 Å². The van der Waals surface area contributed by atoms with Gasteiger partial charge in [0, 0.05) is 17.6 Å². The molecule has 0 aliphatic heterocycles. The molecule has 0 bridgehead atoms. The van der Waals surface area contributed by atoms with Gasteiger partial charge >= 0.3 is 0 Å². The van der Waals surface area contributed by atoms with Crippen LogP contribution >= 0.6 is 27.7 Å². The summed E-state index contributed by atoms with van der Waals surface area (Å²) in [6.45, 7) is 1.86. The van der Waals surface area contributed by atoms with E-state index < -0.39 is 0 Å². The second-order valence-electron chi connectivity index (χ2n) is 3.50. The summed E-state index contributed by atoms with van der Waals surface area (Å²) in [5.74, 6) is 0.438. The van der Waals surface area contributed by atoms with Gasteiger partial charge in [0.05, 0.1) is 4.47 Å². The Bertz CT molecular complexity index is 570. The summed E-state index contributed by atoms with van der Waals surface area (Å²) >= 11 is 4.48. The highest BCUT2D eigenvalue weighted by molar-refractivity contribution is 9.10. The van der Waals surface area contributed by atoms with Gasteiger partial charge in [-0.15, -0.1) is 10.2 Å². The van der Waals surface area contributed by atoms with Gasteiger partial charge in [-0.1, -0.05) is 0 Å². The molecule has 1 heterocycles. The van der Waals surface area contributed by atoms with E-state index in [9.17, 15) is 4.39 Å². The summed E-state index contributed by atoms with van der Waals surface area (Å²) in [6, 6.07) is 2.93. The molecule has 0 aliphatic carbocycles. The Labute approximate surface area is 111 Å². The van der Waals surface area contributed by atoms with Crippen LogP contribution in [0, 0.1) is 12.7 Å². The van der Waals surface area contributed by atoms with E-state index in [1.54, 1.807) is 6.07 Å². The molecule has 4 nitrogen and oxygen atoms in total. The van der Waals surface area contributed by atoms with Crippen LogP contribution in [0.15, 0.2) is 26.7 Å². The van der Waals surface area contributed by atoms with Crippen molar-refractivity contribution in [1.29, 1.82) is 0 Å². The number of halogens is 2. The molecule has 0 amide bonds. The number of hydrogen-bond donors (Lipinski definition) is 1. The average molecular weight is 317 g/mol. The van der Waals surface area contributed by atoms with E-state index in [4.69, 9.17) is 5.73 Å². The summed E-state index contributed by atoms with van der Waals surface area (Å²) in [4.78, 5) is 0.744. The van der Waals surface area contributed by atoms with Crippen LogP contribution < -0.4 is 5.73 Å². The summed E-state index contributed by atoms with van der Waals surface area (Å²) in [6.07, 6.45) is 0. The molecule has 2 aromatic rings. The number of benzene rings is 1. The molecule has 0 fully saturated rings. The molecule has 1 aromatic carbocycles. The van der Waals surface area contributed by atoms with Crippen molar-refractivity contribution in [3.8, 4) is 0 Å². The van der Waals surface area contributed by atoms with Gasteiger partial charge in [0.1, 0.15) is 11.6 Å². The van der Waals surface area contributed by atoms with Crippen molar-refractivity contribution >= 4 is 33.4 Å². The van der Waals surface area contributed by atoms with E-state index in [2.05, 4.69) is 26.1 Å². The van der Waals surface area contributed by atoms with E-state index in [0.717, 1.165) is 10.7 Å². The number of aryl methyl sites for hydroxylation is 1. The largest absolute Gasteiger partial charge is 0.398 e. The van der Waals surface area contributed by atoms with Gasteiger partial charge in [0.15, 0.2) is 5.16 Å². The van der Waals surface area contributed by atoms with Gasteiger partial charge in [0.2, 0.25) is 0 Å². The van der Waals surface area contributed by atoms with Gasteiger partial charge in [-0.25, -0.2) is 4.39 Å². The molecule has 2 rings (SSSR count). The topological polar surface area (TPSA) is 56.7 Å². The van der Waals surface area contributed by atoms with Gasteiger partial charge in [-0.2, -0.15) is 0 Å². The molecule has 90 valence electrons. The first kappa shape index (κ1) is 12.4. The first-order valence-corrected chi connectivity index (χ1v) is 6.38. The van der Waals surface area contributed by atoms with Crippen molar-refractivity contribution < 1.29 is 4.39 Å². The molecule has 0 atom stereocenters. The molecule has 7 heteroatoms. The van der Waals surface area contributed by atoms with Gasteiger partial charge in [-0.3, -0.25) is 0 Å². The molecule has 0 saturated heterocycles. The normalized spacial score (nSPS) is 10.8. The number of nitrogens with two attached hydrogens (primary N) is 1. The first-order chi connectivity index (χ1) is 7.99. The molecule has 1 aromatic heterocycles. The minimum absolute atomic E-state index is 0.374. The van der Waals surface area contributed by atoms with Crippen LogP contribution in [0.1, 0.15) is 5.82 Å². The Hall–Kier alpha value is -1.08. The lowest BCUT2D eigenvalue weighted by atomic mass is 10.3. The molecule has 0 saturated carbocycles. The SMILES string of the molecule is Cc1nnc(Sc2cc(Br)c(F)cc2N)n1C. The summed E-state index contributed by atoms with van der Waals surface area (Å²) < 4.78 is 15.4. The number of rotatable bonds is 2. The lowest BCUT2D eigenvalue weighted by Gasteiger charge is -2.06. The van der Waals surface area contributed by atoms with Crippen molar-refractivity contribution in [3.05, 3.63) is 28.2 Å². The van der Waals surface area contributed by atoms with Crippen LogP contribution in [0.25, 0.3) is 0 Å². The maximum atomic E-state index is 13.2. The fourth-order valence-corrected chi connectivity index (χ4v) is 2.60. The third-order valence-corrected chi connectivity index (χ3v) is 4.03. The summed E-state index contributed by atoms with van der Waals surface area (Å²) in [7, 11) is 1.87. The summed E-state index contributed by atoms with van der Waals surface area (Å²) in [5.41, 5.74) is 6.14. The van der Waals surface area contributed by atoms with E-state index in [-0.39, 0.29) is 5.82 Å². The second kappa shape index (κ2) is 4.66. The van der Waals surface area contributed by atoms with E-state index >= 15 is 0 Å². The highest BCUT2D eigenvalue weighted by Crippen LogP contribution is 2.34. The highest BCUT2D eigenvalue weighted by Gasteiger charge is 2.11. The fourth-order valence-electron chi connectivity index (χ4n) is 1.21. The van der Waals surface area contributed by atoms with Crippen LogP contribution in [0.3, 0.4) is 0 Å². The smallest absolute Gasteiger partial charge is 0.195 e. The quantitative estimate of drug-likeness (QED) is 0.865. The molecule has 17 heavy (non-hydrogen) atoms. The van der Waals surface area contributed by atoms with Crippen molar-refractivity contribution in [2.45, 2.75) is 17.0 Å². The van der Waals surface area contributed by atoms with Crippen LogP contribution in [-0.2, 0) is 7.05 Å². The molecular formula is C10H10BrFN4S. The van der Waals surface area contributed by atoms with Crippen molar-refractivity contribution in [3.63, 3.8) is 0 Å². The lowest BCUT2D eigenvalue weighted by Crippen LogP contribution is -1.95. The zero-order valence-electron chi connectivity index (χ0n) is 9.24. The Morgan fingerprint density at radius 1 is 1.41 bits per heavy atom. The van der Waals surface area contributed by atoms with Gasteiger partial charge in [-0.05, 0) is 46.7 Å². The zero-order chi connectivity index (χ0) is 12.6. The van der Waals surface area contributed by atoms with E-state index in [1.165, 1.54) is 17.8 Å². The molecule has 0 radical (unpaired) electrons. The van der Waals surface area contributed by atoms with Crippen LogP contribution in [0.4, 0.5) is 10.1 Å². The fraction of sp³-hybridized carbons (Fsp3) is 0.200. The number of nitrogens with zero attached hydrogens (tertiary/aromatic N) is 3. The molecule has 0 spiro atoms. The van der Waals surface area contributed by atoms with Crippen molar-refractivity contribution in [2.75, 3.05) is 5.73 Å². The second-order valence-corrected chi connectivity index (χ2v) is 5.36. The minimum atomic E-state index is -0.374. The molecule has 0 unspecified atom stereocenters. The van der Waals surface area contributed by atoms with E-state index in [1.807, 2.05) is 18.5 Å². The van der Waals surface area contributed by atoms with Crippen LogP contribution in [0.5, 0.6) is 0 Å². The summed E-state index contributed by atoms with van der Waals surface area (Å²) in [5, 5.41) is 8.68. The highest BCUT2D eigenvalue weighted by atomic mass is 79.9. The Kier molecular flexibility index (Phi) is 3.39. The lowest BCUT2D eigenvalue weighted by molar-refractivity contribution is 0.620. The standard InChI is InChI=1S/C10H10BrFN4S/c1-5-14-15-10(16(5)2)17-9-3-6(11)7(12)4-8(9)13/h3-4H,13H2,1-2H3. The third-order valence-electron chi connectivity index (χ3n) is 2.31. The number of hydrogen-bond acceptors (Lipinski definition) is 4. The van der Waals surface area contributed by atoms with Crippen LogP contribution in [-0.4, -0.2) is 14.8 Å². The number of anilines is 1. The number of nitrogen functional groups attached to an aromatic ring is 1. The monoisotopic (exact) mass is 316 g/mol. The van der Waals surface area contributed by atoms with Gasteiger partial charge < -0.3 is 10.3 Å². The number of aromatic nitrogens is 3. The molecule has 2 N–H and O–H groups in total. The first-order valence-electron chi connectivity index (χ1n) is 4.77. The van der Waals surface area contributed by atoms with Gasteiger partial charge in [0.25, 0.3) is 0 Å². The predicted octanol–water partition coefficient (Wildman–Crippen LogP) is 2.76. The molecule has 0 aliphatic rings. The Balaban J connectivity index is 2.36. The average Bonchev–Trinajstić information content (AvgIpc) is 2.58. The predicted molar refractivity (Wildman–Crippen MR) is 68.4 cm³/mol. The van der Waals surface area contributed by atoms with Crippen molar-refractivity contribution in [2.24, 2.45) is 7.05 Å². The molecular weight excluding hydrogens is 307 g/mol. The third kappa shape index (κ3) is 2.44. The van der Waals surface area contributed by atoms with Crippen LogP contribution in [0.2, 0.25) is 0 Å². The Morgan fingerprint density at radius 3 is 2.71 bits per heavy atom. The Morgan fingerprint density at radius 2 is 2.12 bits per heavy atom. The zero-order valence-corrected chi connectivity index (χ0v) is 11.6. The minimum Gasteiger partial charge on any atom is -0.398 e.